The van der Waals surface area contributed by atoms with Crippen molar-refractivity contribution in [1.29, 1.82) is 0 Å². The molecule has 6 heteroatoms. The first-order chi connectivity index (χ1) is 12.6. The molecule has 0 bridgehead atoms. The van der Waals surface area contributed by atoms with E-state index in [1.54, 1.807) is 0 Å². The molecule has 2 heterocycles. The van der Waals surface area contributed by atoms with Crippen LogP contribution in [-0.4, -0.2) is 35.4 Å². The maximum absolute atomic E-state index is 6.57. The minimum atomic E-state index is 0.175. The van der Waals surface area contributed by atoms with Crippen molar-refractivity contribution < 1.29 is 4.74 Å². The molecule has 0 amide bonds. The number of aromatic nitrogens is 2. The summed E-state index contributed by atoms with van der Waals surface area (Å²) in [4.78, 5) is 11.6. The number of rotatable bonds is 6. The van der Waals surface area contributed by atoms with E-state index in [4.69, 9.17) is 21.3 Å². The van der Waals surface area contributed by atoms with Crippen LogP contribution in [0.1, 0.15) is 44.2 Å². The van der Waals surface area contributed by atoms with Crippen LogP contribution >= 0.6 is 23.4 Å². The number of hydrogen-bond acceptors (Lipinski definition) is 5. The molecular formula is C20H26ClN3OS. The molecule has 2 aromatic rings. The topological polar surface area (TPSA) is 38.2 Å². The third-order valence-electron chi connectivity index (χ3n) is 4.43. The minimum Gasteiger partial charge on any atom is -0.491 e. The number of halogens is 1. The van der Waals surface area contributed by atoms with E-state index in [1.807, 2.05) is 32.2 Å². The maximum atomic E-state index is 6.57. The fraction of sp³-hybridized carbons (Fsp3) is 0.500. The van der Waals surface area contributed by atoms with Crippen LogP contribution in [0.2, 0.25) is 5.15 Å². The standard InChI is InChI=1S/C20H26ClN3OS/c1-14(2)25-16-9-7-15(8-10-16)13-17-18(21)22-20(26-3)23-19(17)24-11-5-4-6-12-24/h7-10,14H,4-6,11-13H2,1-3H3. The number of nitrogens with zero attached hydrogens (tertiary/aromatic N) is 3. The molecular weight excluding hydrogens is 366 g/mol. The van der Waals surface area contributed by atoms with Gasteiger partial charge in [0, 0.05) is 25.1 Å². The number of thioether (sulfide) groups is 1. The van der Waals surface area contributed by atoms with Gasteiger partial charge in [0.25, 0.3) is 0 Å². The third-order valence-corrected chi connectivity index (χ3v) is 5.29. The van der Waals surface area contributed by atoms with Gasteiger partial charge in [0.1, 0.15) is 16.7 Å². The first-order valence-corrected chi connectivity index (χ1v) is 10.8. The van der Waals surface area contributed by atoms with Gasteiger partial charge in [-0.25, -0.2) is 9.97 Å². The molecule has 1 aromatic heterocycles. The maximum Gasteiger partial charge on any atom is 0.190 e. The minimum absolute atomic E-state index is 0.175. The van der Waals surface area contributed by atoms with Gasteiger partial charge >= 0.3 is 0 Å². The molecule has 0 N–H and O–H groups in total. The number of anilines is 1. The summed E-state index contributed by atoms with van der Waals surface area (Å²) >= 11 is 8.10. The molecule has 1 aliphatic rings. The van der Waals surface area contributed by atoms with Crippen molar-refractivity contribution in [3.05, 3.63) is 40.5 Å². The van der Waals surface area contributed by atoms with Gasteiger partial charge in [0.2, 0.25) is 0 Å². The van der Waals surface area contributed by atoms with E-state index in [0.717, 1.165) is 41.8 Å². The fourth-order valence-electron chi connectivity index (χ4n) is 3.20. The number of benzene rings is 1. The number of ether oxygens (including phenoxy) is 1. The van der Waals surface area contributed by atoms with Crippen molar-refractivity contribution in [2.24, 2.45) is 0 Å². The summed E-state index contributed by atoms with van der Waals surface area (Å²) in [6, 6.07) is 8.22. The summed E-state index contributed by atoms with van der Waals surface area (Å²) in [5, 5.41) is 1.30. The molecule has 0 unspecified atom stereocenters. The summed E-state index contributed by atoms with van der Waals surface area (Å²) in [6.07, 6.45) is 6.58. The highest BCUT2D eigenvalue weighted by molar-refractivity contribution is 7.98. The van der Waals surface area contributed by atoms with Gasteiger partial charge in [-0.1, -0.05) is 35.5 Å². The van der Waals surface area contributed by atoms with Crippen LogP contribution in [0, 0.1) is 0 Å². The first kappa shape index (κ1) is 19.3. The average molecular weight is 392 g/mol. The van der Waals surface area contributed by atoms with E-state index in [9.17, 15) is 0 Å². The molecule has 0 atom stereocenters. The Kier molecular flexibility index (Phi) is 6.65. The van der Waals surface area contributed by atoms with Crippen molar-refractivity contribution >= 4 is 29.2 Å². The second-order valence-corrected chi connectivity index (χ2v) is 7.97. The Labute approximate surface area is 165 Å². The van der Waals surface area contributed by atoms with E-state index >= 15 is 0 Å². The highest BCUT2D eigenvalue weighted by atomic mass is 35.5. The molecule has 1 saturated heterocycles. The van der Waals surface area contributed by atoms with Crippen molar-refractivity contribution in [2.45, 2.75) is 50.8 Å². The zero-order valence-electron chi connectivity index (χ0n) is 15.7. The van der Waals surface area contributed by atoms with Gasteiger partial charge in [-0.15, -0.1) is 0 Å². The number of piperidine rings is 1. The molecule has 0 radical (unpaired) electrons. The van der Waals surface area contributed by atoms with Crippen LogP contribution in [0.15, 0.2) is 29.4 Å². The fourth-order valence-corrected chi connectivity index (χ4v) is 3.84. The summed E-state index contributed by atoms with van der Waals surface area (Å²) in [5.74, 6) is 1.89. The first-order valence-electron chi connectivity index (χ1n) is 9.17. The zero-order valence-corrected chi connectivity index (χ0v) is 17.2. The van der Waals surface area contributed by atoms with E-state index in [0.29, 0.717) is 5.15 Å². The second-order valence-electron chi connectivity index (χ2n) is 6.84. The molecule has 0 aliphatic carbocycles. The van der Waals surface area contributed by atoms with Crippen LogP contribution in [0.3, 0.4) is 0 Å². The average Bonchev–Trinajstić information content (AvgIpc) is 2.65. The van der Waals surface area contributed by atoms with Gasteiger partial charge in [0.05, 0.1) is 6.10 Å². The van der Waals surface area contributed by atoms with Crippen LogP contribution in [-0.2, 0) is 6.42 Å². The van der Waals surface area contributed by atoms with Crippen LogP contribution < -0.4 is 9.64 Å². The van der Waals surface area contributed by atoms with Crippen molar-refractivity contribution in [3.63, 3.8) is 0 Å². The Balaban J connectivity index is 1.88. The predicted molar refractivity (Wildman–Crippen MR) is 110 cm³/mol. The van der Waals surface area contributed by atoms with E-state index in [1.165, 1.54) is 36.6 Å². The molecule has 4 nitrogen and oxygen atoms in total. The molecule has 1 aromatic carbocycles. The highest BCUT2D eigenvalue weighted by Gasteiger charge is 2.20. The zero-order chi connectivity index (χ0) is 18.5. The highest BCUT2D eigenvalue weighted by Crippen LogP contribution is 2.31. The van der Waals surface area contributed by atoms with Gasteiger partial charge in [0.15, 0.2) is 5.16 Å². The van der Waals surface area contributed by atoms with Gasteiger partial charge < -0.3 is 9.64 Å². The SMILES string of the molecule is CSc1nc(Cl)c(Cc2ccc(OC(C)C)cc2)c(N2CCCCC2)n1. The smallest absolute Gasteiger partial charge is 0.190 e. The van der Waals surface area contributed by atoms with Crippen molar-refractivity contribution in [2.75, 3.05) is 24.2 Å². The van der Waals surface area contributed by atoms with Gasteiger partial charge in [-0.2, -0.15) is 0 Å². The van der Waals surface area contributed by atoms with Crippen molar-refractivity contribution in [3.8, 4) is 5.75 Å². The summed E-state index contributed by atoms with van der Waals surface area (Å²) in [6.45, 7) is 6.14. The lowest BCUT2D eigenvalue weighted by molar-refractivity contribution is 0.242. The monoisotopic (exact) mass is 391 g/mol. The Hall–Kier alpha value is -1.46. The Morgan fingerprint density at radius 3 is 2.42 bits per heavy atom. The Bertz CT molecular complexity index is 731. The Morgan fingerprint density at radius 1 is 1.12 bits per heavy atom. The predicted octanol–water partition coefficient (Wildman–Crippen LogP) is 5.22. The molecule has 3 rings (SSSR count). The molecule has 140 valence electrons. The number of hydrogen-bond donors (Lipinski definition) is 0. The molecule has 26 heavy (non-hydrogen) atoms. The van der Waals surface area contributed by atoms with E-state index in [-0.39, 0.29) is 6.10 Å². The molecule has 0 saturated carbocycles. The summed E-state index contributed by atoms with van der Waals surface area (Å²) in [7, 11) is 0. The molecule has 1 aliphatic heterocycles. The van der Waals surface area contributed by atoms with Gasteiger partial charge in [-0.3, -0.25) is 0 Å². The lowest BCUT2D eigenvalue weighted by Gasteiger charge is -2.30. The van der Waals surface area contributed by atoms with E-state index in [2.05, 4.69) is 22.0 Å². The van der Waals surface area contributed by atoms with Crippen molar-refractivity contribution in [1.82, 2.24) is 9.97 Å². The van der Waals surface area contributed by atoms with E-state index < -0.39 is 0 Å². The third kappa shape index (κ3) is 4.83. The second kappa shape index (κ2) is 8.96. The van der Waals surface area contributed by atoms with Crippen LogP contribution in [0.5, 0.6) is 5.75 Å². The molecule has 0 spiro atoms. The van der Waals surface area contributed by atoms with Crippen LogP contribution in [0.4, 0.5) is 5.82 Å². The lowest BCUT2D eigenvalue weighted by atomic mass is 10.0. The largest absolute Gasteiger partial charge is 0.491 e. The lowest BCUT2D eigenvalue weighted by Crippen LogP contribution is -2.31. The summed E-state index contributed by atoms with van der Waals surface area (Å²) < 4.78 is 5.73. The van der Waals surface area contributed by atoms with Gasteiger partial charge in [-0.05, 0) is 57.1 Å². The quantitative estimate of drug-likeness (QED) is 0.383. The van der Waals surface area contributed by atoms with Crippen LogP contribution in [0.25, 0.3) is 0 Å². The molecule has 1 fully saturated rings. The normalized spacial score (nSPS) is 14.7. The Morgan fingerprint density at radius 2 is 1.81 bits per heavy atom. The summed E-state index contributed by atoms with van der Waals surface area (Å²) in [5.41, 5.74) is 2.20.